The first-order valence-corrected chi connectivity index (χ1v) is 4.61. The second-order valence-corrected chi connectivity index (χ2v) is 3.27. The van der Waals surface area contributed by atoms with Crippen LogP contribution in [0.25, 0.3) is 0 Å². The van der Waals surface area contributed by atoms with E-state index in [-0.39, 0.29) is 12.2 Å². The summed E-state index contributed by atoms with van der Waals surface area (Å²) < 4.78 is 1.65. The highest BCUT2D eigenvalue weighted by atomic mass is 16.4. The van der Waals surface area contributed by atoms with E-state index in [1.54, 1.807) is 11.5 Å². The summed E-state index contributed by atoms with van der Waals surface area (Å²) in [5.74, 6) is -1.22. The molecule has 0 saturated carbocycles. The molecule has 1 aromatic rings. The molecule has 0 atom stereocenters. The zero-order valence-corrected chi connectivity index (χ0v) is 8.43. The molecule has 2 N–H and O–H groups in total. The molecular weight excluding hydrogens is 198 g/mol. The molecular formula is C10H13NO4. The molecule has 82 valence electrons. The quantitative estimate of drug-likeness (QED) is 0.747. The van der Waals surface area contributed by atoms with Crippen LogP contribution < -0.4 is 5.43 Å². The van der Waals surface area contributed by atoms with E-state index in [0.29, 0.717) is 18.7 Å². The van der Waals surface area contributed by atoms with E-state index in [4.69, 9.17) is 10.2 Å². The lowest BCUT2D eigenvalue weighted by molar-refractivity contribution is 0.0694. The molecule has 1 aromatic heterocycles. The molecule has 0 amide bonds. The Bertz CT molecular complexity index is 422. The number of aryl methyl sites for hydroxylation is 2. The molecule has 1 heterocycles. The van der Waals surface area contributed by atoms with E-state index < -0.39 is 11.4 Å². The molecule has 0 fully saturated rings. The maximum absolute atomic E-state index is 11.3. The van der Waals surface area contributed by atoms with Crippen LogP contribution in [-0.4, -0.2) is 27.4 Å². The minimum atomic E-state index is -1.22. The molecule has 0 spiro atoms. The number of aliphatic hydroxyl groups excluding tert-OH is 1. The molecule has 1 rings (SSSR count). The summed E-state index contributed by atoms with van der Waals surface area (Å²) in [6, 6.07) is 1.29. The molecule has 0 aliphatic heterocycles. The average Bonchev–Trinajstić information content (AvgIpc) is 2.16. The van der Waals surface area contributed by atoms with Crippen molar-refractivity contribution < 1.29 is 15.0 Å². The number of hydrogen-bond donors (Lipinski definition) is 2. The number of pyridine rings is 1. The minimum absolute atomic E-state index is 0.0357. The Hall–Kier alpha value is -1.62. The van der Waals surface area contributed by atoms with Gasteiger partial charge in [-0.3, -0.25) is 4.79 Å². The number of aliphatic hydroxyl groups is 1. The fraction of sp³-hybridized carbons (Fsp3) is 0.400. The van der Waals surface area contributed by atoms with E-state index in [1.807, 2.05) is 0 Å². The maximum Gasteiger partial charge on any atom is 0.341 e. The molecule has 0 aliphatic rings. The molecule has 0 aliphatic carbocycles. The first kappa shape index (κ1) is 11.5. The van der Waals surface area contributed by atoms with Gasteiger partial charge in [0.25, 0.3) is 0 Å². The fourth-order valence-electron chi connectivity index (χ4n) is 1.31. The second-order valence-electron chi connectivity index (χ2n) is 3.27. The Morgan fingerprint density at radius 2 is 2.20 bits per heavy atom. The Morgan fingerprint density at radius 1 is 1.53 bits per heavy atom. The van der Waals surface area contributed by atoms with Crippen molar-refractivity contribution in [1.82, 2.24) is 4.57 Å². The first-order chi connectivity index (χ1) is 7.06. The van der Waals surface area contributed by atoms with Crippen molar-refractivity contribution in [2.75, 3.05) is 6.61 Å². The zero-order chi connectivity index (χ0) is 11.4. The number of aromatic carboxylic acids is 1. The van der Waals surface area contributed by atoms with Crippen molar-refractivity contribution in [3.63, 3.8) is 0 Å². The number of carboxylic acids is 1. The molecule has 0 radical (unpaired) electrons. The number of hydrogen-bond acceptors (Lipinski definition) is 3. The Labute approximate surface area is 86.6 Å². The fourth-order valence-corrected chi connectivity index (χ4v) is 1.31. The topological polar surface area (TPSA) is 79.5 Å². The van der Waals surface area contributed by atoms with Crippen molar-refractivity contribution >= 4 is 5.97 Å². The highest BCUT2D eigenvalue weighted by Crippen LogP contribution is 2.00. The standard InChI is InChI=1S/C10H13NO4/c1-7-5-9(13)8(10(14)15)6-11(7)3-2-4-12/h5-6,12H,2-4H2,1H3,(H,14,15). The van der Waals surface area contributed by atoms with Gasteiger partial charge in [-0.1, -0.05) is 0 Å². The van der Waals surface area contributed by atoms with Crippen LogP contribution in [0.4, 0.5) is 0 Å². The van der Waals surface area contributed by atoms with Gasteiger partial charge in [0.1, 0.15) is 5.56 Å². The van der Waals surface area contributed by atoms with E-state index in [1.165, 1.54) is 12.3 Å². The summed E-state index contributed by atoms with van der Waals surface area (Å²) in [5, 5.41) is 17.4. The van der Waals surface area contributed by atoms with Crippen molar-refractivity contribution in [1.29, 1.82) is 0 Å². The van der Waals surface area contributed by atoms with E-state index in [2.05, 4.69) is 0 Å². The third kappa shape index (κ3) is 2.66. The van der Waals surface area contributed by atoms with Crippen LogP contribution in [0.3, 0.4) is 0 Å². The second kappa shape index (κ2) is 4.75. The lowest BCUT2D eigenvalue weighted by Gasteiger charge is -2.10. The molecule has 0 unspecified atom stereocenters. The van der Waals surface area contributed by atoms with E-state index >= 15 is 0 Å². The molecule has 5 heteroatoms. The summed E-state index contributed by atoms with van der Waals surface area (Å²) in [7, 11) is 0. The Balaban J connectivity index is 3.12. The summed E-state index contributed by atoms with van der Waals surface area (Å²) in [6.45, 7) is 2.27. The van der Waals surface area contributed by atoms with Gasteiger partial charge < -0.3 is 14.8 Å². The van der Waals surface area contributed by atoms with Gasteiger partial charge in [-0.2, -0.15) is 0 Å². The number of carboxylic acid groups (broad SMARTS) is 1. The lowest BCUT2D eigenvalue weighted by atomic mass is 10.2. The van der Waals surface area contributed by atoms with Crippen LogP contribution in [0.15, 0.2) is 17.1 Å². The molecule has 0 bridgehead atoms. The first-order valence-electron chi connectivity index (χ1n) is 4.61. The van der Waals surface area contributed by atoms with Gasteiger partial charge in [0, 0.05) is 31.1 Å². The van der Waals surface area contributed by atoms with Crippen LogP contribution >= 0.6 is 0 Å². The number of nitrogens with zero attached hydrogens (tertiary/aromatic N) is 1. The predicted octanol–water partition coefficient (Wildman–Crippen LogP) is 0.237. The van der Waals surface area contributed by atoms with Crippen LogP contribution in [0.1, 0.15) is 22.5 Å². The largest absolute Gasteiger partial charge is 0.477 e. The third-order valence-corrected chi connectivity index (χ3v) is 2.13. The minimum Gasteiger partial charge on any atom is -0.477 e. The van der Waals surface area contributed by atoms with Crippen molar-refractivity contribution in [3.05, 3.63) is 33.7 Å². The summed E-state index contributed by atoms with van der Waals surface area (Å²) in [6.07, 6.45) is 1.85. The van der Waals surface area contributed by atoms with Gasteiger partial charge in [-0.05, 0) is 13.3 Å². The highest BCUT2D eigenvalue weighted by molar-refractivity contribution is 5.87. The van der Waals surface area contributed by atoms with Gasteiger partial charge in [-0.25, -0.2) is 4.79 Å². The monoisotopic (exact) mass is 211 g/mol. The van der Waals surface area contributed by atoms with Gasteiger partial charge >= 0.3 is 5.97 Å². The molecule has 5 nitrogen and oxygen atoms in total. The lowest BCUT2D eigenvalue weighted by Crippen LogP contribution is -2.19. The highest BCUT2D eigenvalue weighted by Gasteiger charge is 2.10. The number of rotatable bonds is 4. The Kier molecular flexibility index (Phi) is 3.62. The number of carbonyl (C=O) groups is 1. The van der Waals surface area contributed by atoms with Crippen LogP contribution in [0, 0.1) is 6.92 Å². The zero-order valence-electron chi connectivity index (χ0n) is 8.43. The summed E-state index contributed by atoms with van der Waals surface area (Å²) >= 11 is 0. The Morgan fingerprint density at radius 3 is 2.73 bits per heavy atom. The van der Waals surface area contributed by atoms with E-state index in [0.717, 1.165) is 0 Å². The summed E-state index contributed by atoms with van der Waals surface area (Å²) in [5.41, 5.74) is -0.0303. The number of aromatic nitrogens is 1. The molecule has 0 saturated heterocycles. The van der Waals surface area contributed by atoms with Crippen LogP contribution in [0.5, 0.6) is 0 Å². The van der Waals surface area contributed by atoms with Gasteiger partial charge in [0.15, 0.2) is 5.43 Å². The van der Waals surface area contributed by atoms with Gasteiger partial charge in [0.2, 0.25) is 0 Å². The van der Waals surface area contributed by atoms with Crippen LogP contribution in [0.2, 0.25) is 0 Å². The third-order valence-electron chi connectivity index (χ3n) is 2.13. The molecule has 15 heavy (non-hydrogen) atoms. The smallest absolute Gasteiger partial charge is 0.341 e. The van der Waals surface area contributed by atoms with Crippen molar-refractivity contribution in [2.45, 2.75) is 19.9 Å². The molecule has 0 aromatic carbocycles. The van der Waals surface area contributed by atoms with Crippen molar-refractivity contribution in [3.8, 4) is 0 Å². The SMILES string of the molecule is Cc1cc(=O)c(C(=O)O)cn1CCCO. The summed E-state index contributed by atoms with van der Waals surface area (Å²) in [4.78, 5) is 22.0. The normalized spacial score (nSPS) is 10.3. The van der Waals surface area contributed by atoms with Gasteiger partial charge in [-0.15, -0.1) is 0 Å². The average molecular weight is 211 g/mol. The maximum atomic E-state index is 11.3. The predicted molar refractivity (Wildman–Crippen MR) is 54.1 cm³/mol. The van der Waals surface area contributed by atoms with E-state index in [9.17, 15) is 9.59 Å². The van der Waals surface area contributed by atoms with Crippen LogP contribution in [-0.2, 0) is 6.54 Å². The van der Waals surface area contributed by atoms with Crippen molar-refractivity contribution in [2.24, 2.45) is 0 Å². The van der Waals surface area contributed by atoms with Gasteiger partial charge in [0.05, 0.1) is 0 Å².